The molecule has 0 atom stereocenters. The van der Waals surface area contributed by atoms with Gasteiger partial charge in [0.05, 0.1) is 5.75 Å². The maximum absolute atomic E-state index is 11.7. The topological polar surface area (TPSA) is 81.4 Å². The molecule has 3 N–H and O–H groups in total. The number of hydrogen-bond donors (Lipinski definition) is 2. The summed E-state index contributed by atoms with van der Waals surface area (Å²) in [5.41, 5.74) is 6.34. The number of hydrogen-bond acceptors (Lipinski definition) is 5. The summed E-state index contributed by atoms with van der Waals surface area (Å²) in [6, 6.07) is 7.41. The first kappa shape index (κ1) is 16.3. The average molecular weight is 304 g/mol. The van der Waals surface area contributed by atoms with E-state index >= 15 is 0 Å². The van der Waals surface area contributed by atoms with E-state index in [1.807, 2.05) is 18.2 Å². The Hall–Kier alpha value is -0.760. The molecule has 0 heterocycles. The van der Waals surface area contributed by atoms with E-state index in [4.69, 9.17) is 10.5 Å². The summed E-state index contributed by atoms with van der Waals surface area (Å²) in [6.45, 7) is 0.972. The van der Waals surface area contributed by atoms with E-state index in [-0.39, 0.29) is 5.75 Å². The van der Waals surface area contributed by atoms with E-state index in [9.17, 15) is 8.42 Å². The lowest BCUT2D eigenvalue weighted by atomic mass is 10.3. The molecule has 108 valence electrons. The first-order valence-electron chi connectivity index (χ1n) is 5.98. The summed E-state index contributed by atoms with van der Waals surface area (Å²) in [4.78, 5) is 0.981. The Bertz CT molecular complexity index is 478. The minimum absolute atomic E-state index is 0.0967. The molecule has 0 saturated carbocycles. The number of thioether (sulfide) groups is 1. The molecule has 0 bridgehead atoms. The number of nitrogens with two attached hydrogens (primary N) is 1. The fourth-order valence-electron chi connectivity index (χ4n) is 1.39. The second kappa shape index (κ2) is 8.42. The van der Waals surface area contributed by atoms with Gasteiger partial charge < -0.3 is 10.5 Å². The predicted molar refractivity (Wildman–Crippen MR) is 79.9 cm³/mol. The highest BCUT2D eigenvalue weighted by molar-refractivity contribution is 8.00. The molecule has 1 rings (SSSR count). The summed E-state index contributed by atoms with van der Waals surface area (Å²) in [7, 11) is -1.61. The van der Waals surface area contributed by atoms with Crippen molar-refractivity contribution in [1.29, 1.82) is 0 Å². The number of ether oxygens (including phenoxy) is 1. The zero-order valence-corrected chi connectivity index (χ0v) is 12.6. The molecular formula is C12H20N2O3S2. The Labute approximate surface area is 119 Å². The first-order valence-corrected chi connectivity index (χ1v) is 8.62. The van der Waals surface area contributed by atoms with Gasteiger partial charge in [-0.05, 0) is 24.6 Å². The fourth-order valence-corrected chi connectivity index (χ4v) is 3.83. The number of anilines is 1. The van der Waals surface area contributed by atoms with Crippen molar-refractivity contribution < 1.29 is 13.2 Å². The Morgan fingerprint density at radius 1 is 1.42 bits per heavy atom. The van der Waals surface area contributed by atoms with Crippen molar-refractivity contribution in [3.05, 3.63) is 24.3 Å². The third-order valence-electron chi connectivity index (χ3n) is 2.33. The van der Waals surface area contributed by atoms with Crippen molar-refractivity contribution in [1.82, 2.24) is 4.72 Å². The molecule has 0 radical (unpaired) electrons. The molecule has 0 aliphatic heterocycles. The lowest BCUT2D eigenvalue weighted by molar-refractivity contribution is 0.196. The third kappa shape index (κ3) is 7.41. The van der Waals surface area contributed by atoms with Gasteiger partial charge in [0.2, 0.25) is 10.0 Å². The van der Waals surface area contributed by atoms with Gasteiger partial charge in [-0.3, -0.25) is 0 Å². The van der Waals surface area contributed by atoms with Crippen LogP contribution in [0.15, 0.2) is 29.2 Å². The molecule has 0 aromatic heterocycles. The Balaban J connectivity index is 2.27. The minimum atomic E-state index is -3.20. The quantitative estimate of drug-likeness (QED) is 0.408. The molecule has 0 saturated heterocycles. The molecule has 7 heteroatoms. The summed E-state index contributed by atoms with van der Waals surface area (Å²) >= 11 is 1.48. The summed E-state index contributed by atoms with van der Waals surface area (Å²) in [5, 5.41) is 0. The summed E-state index contributed by atoms with van der Waals surface area (Å²) in [6.07, 6.45) is 0.679. The molecule has 0 spiro atoms. The van der Waals surface area contributed by atoms with Crippen molar-refractivity contribution >= 4 is 27.5 Å². The molecule has 0 unspecified atom stereocenters. The van der Waals surface area contributed by atoms with Crippen molar-refractivity contribution in [2.75, 3.05) is 37.5 Å². The van der Waals surface area contributed by atoms with Gasteiger partial charge in [0.25, 0.3) is 0 Å². The van der Waals surface area contributed by atoms with Crippen LogP contribution in [0.2, 0.25) is 0 Å². The van der Waals surface area contributed by atoms with Gasteiger partial charge in [0.1, 0.15) is 0 Å². The van der Waals surface area contributed by atoms with Gasteiger partial charge in [0, 0.05) is 36.6 Å². The van der Waals surface area contributed by atoms with Crippen LogP contribution in [-0.4, -0.2) is 40.2 Å². The van der Waals surface area contributed by atoms with E-state index in [0.717, 1.165) is 4.90 Å². The Morgan fingerprint density at radius 2 is 2.21 bits per heavy atom. The monoisotopic (exact) mass is 304 g/mol. The fraction of sp³-hybridized carbons (Fsp3) is 0.500. The van der Waals surface area contributed by atoms with Crippen LogP contribution in [0.5, 0.6) is 0 Å². The molecular weight excluding hydrogens is 284 g/mol. The molecule has 0 amide bonds. The van der Waals surface area contributed by atoms with Crippen molar-refractivity contribution in [2.45, 2.75) is 11.3 Å². The van der Waals surface area contributed by atoms with Gasteiger partial charge in [-0.1, -0.05) is 6.07 Å². The smallest absolute Gasteiger partial charge is 0.212 e. The number of rotatable bonds is 9. The summed E-state index contributed by atoms with van der Waals surface area (Å²) < 4.78 is 30.7. The first-order chi connectivity index (χ1) is 9.03. The molecule has 5 nitrogen and oxygen atoms in total. The van der Waals surface area contributed by atoms with Gasteiger partial charge in [-0.2, -0.15) is 0 Å². The highest BCUT2D eigenvalue weighted by Crippen LogP contribution is 2.20. The molecule has 1 aromatic rings. The number of benzene rings is 1. The third-order valence-corrected chi connectivity index (χ3v) is 4.97. The van der Waals surface area contributed by atoms with Crippen molar-refractivity contribution in [3.8, 4) is 0 Å². The molecule has 0 aliphatic carbocycles. The molecule has 19 heavy (non-hydrogen) atoms. The maximum Gasteiger partial charge on any atom is 0.212 e. The number of sulfonamides is 1. The van der Waals surface area contributed by atoms with Crippen LogP contribution in [0.25, 0.3) is 0 Å². The van der Waals surface area contributed by atoms with Crippen LogP contribution in [0.3, 0.4) is 0 Å². The van der Waals surface area contributed by atoms with E-state index in [0.29, 0.717) is 31.0 Å². The van der Waals surface area contributed by atoms with Crippen LogP contribution in [-0.2, 0) is 14.8 Å². The lowest BCUT2D eigenvalue weighted by Gasteiger charge is -2.06. The average Bonchev–Trinajstić information content (AvgIpc) is 2.35. The second-order valence-corrected chi connectivity index (χ2v) is 7.08. The van der Waals surface area contributed by atoms with Gasteiger partial charge >= 0.3 is 0 Å². The zero-order valence-electron chi connectivity index (χ0n) is 11.0. The van der Waals surface area contributed by atoms with Gasteiger partial charge in [-0.15, -0.1) is 11.8 Å². The van der Waals surface area contributed by atoms with E-state index in [2.05, 4.69) is 4.72 Å². The van der Waals surface area contributed by atoms with E-state index < -0.39 is 10.0 Å². The van der Waals surface area contributed by atoms with Crippen molar-refractivity contribution in [2.24, 2.45) is 0 Å². The second-order valence-electron chi connectivity index (χ2n) is 3.98. The predicted octanol–water partition coefficient (Wildman–Crippen LogP) is 1.32. The zero-order chi connectivity index (χ0) is 14.1. The highest BCUT2D eigenvalue weighted by atomic mass is 32.2. The van der Waals surface area contributed by atoms with Crippen LogP contribution >= 0.6 is 11.8 Å². The molecule has 0 aliphatic rings. The normalized spacial score (nSPS) is 11.6. The number of nitrogens with one attached hydrogen (secondary N) is 1. The molecule has 1 aromatic carbocycles. The summed E-state index contributed by atoms with van der Waals surface area (Å²) in [5.74, 6) is 0.600. The Morgan fingerprint density at radius 3 is 2.89 bits per heavy atom. The number of methoxy groups -OCH3 is 1. The molecule has 0 fully saturated rings. The lowest BCUT2D eigenvalue weighted by Crippen LogP contribution is -2.28. The highest BCUT2D eigenvalue weighted by Gasteiger charge is 2.09. The largest absolute Gasteiger partial charge is 0.399 e. The van der Waals surface area contributed by atoms with Crippen molar-refractivity contribution in [3.63, 3.8) is 0 Å². The van der Waals surface area contributed by atoms with Crippen LogP contribution in [0.4, 0.5) is 5.69 Å². The minimum Gasteiger partial charge on any atom is -0.399 e. The SMILES string of the molecule is COCCCNS(=O)(=O)CCSc1cccc(N)c1. The van der Waals surface area contributed by atoms with Gasteiger partial charge in [0.15, 0.2) is 0 Å². The Kier molecular flexibility index (Phi) is 7.22. The van der Waals surface area contributed by atoms with Gasteiger partial charge in [-0.25, -0.2) is 13.1 Å². The van der Waals surface area contributed by atoms with E-state index in [1.165, 1.54) is 11.8 Å². The maximum atomic E-state index is 11.7. The van der Waals surface area contributed by atoms with Crippen LogP contribution in [0, 0.1) is 0 Å². The number of nitrogen functional groups attached to an aromatic ring is 1. The standard InChI is InChI=1S/C12H20N2O3S2/c1-17-7-3-6-14-19(15,16)9-8-18-12-5-2-4-11(13)10-12/h2,4-5,10,14H,3,6-9,13H2,1H3. The van der Waals surface area contributed by atoms with Crippen LogP contribution in [0.1, 0.15) is 6.42 Å². The van der Waals surface area contributed by atoms with E-state index in [1.54, 1.807) is 13.2 Å². The van der Waals surface area contributed by atoms with Crippen LogP contribution < -0.4 is 10.5 Å².